The smallest absolute Gasteiger partial charge is 0.307 e. The fourth-order valence-corrected chi connectivity index (χ4v) is 2.60. The van der Waals surface area contributed by atoms with Gasteiger partial charge in [-0.2, -0.15) is 0 Å². The molecule has 1 aromatic rings. The van der Waals surface area contributed by atoms with Crippen LogP contribution in [-0.4, -0.2) is 50.2 Å². The summed E-state index contributed by atoms with van der Waals surface area (Å²) in [6, 6.07) is 7.66. The standard InChI is InChI=1S/C19H28ClNO4/c1-3-25-19(23)12-14-21(13-5-15-24-2)18(22)7-4-6-16-8-10-17(20)11-9-16/h8-11H,3-7,12-15H2,1-2H3. The Labute approximate surface area is 155 Å². The number of benzene rings is 1. The van der Waals surface area contributed by atoms with Gasteiger partial charge in [0.1, 0.15) is 0 Å². The first kappa shape index (κ1) is 21.5. The van der Waals surface area contributed by atoms with Gasteiger partial charge in [-0.25, -0.2) is 0 Å². The Balaban J connectivity index is 2.43. The van der Waals surface area contributed by atoms with Crippen molar-refractivity contribution in [2.24, 2.45) is 0 Å². The average molecular weight is 370 g/mol. The molecule has 5 nitrogen and oxygen atoms in total. The van der Waals surface area contributed by atoms with Crippen molar-refractivity contribution in [2.45, 2.75) is 39.0 Å². The zero-order chi connectivity index (χ0) is 18.5. The number of hydrogen-bond acceptors (Lipinski definition) is 4. The van der Waals surface area contributed by atoms with E-state index in [0.717, 1.165) is 24.8 Å². The van der Waals surface area contributed by atoms with Crippen LogP contribution in [0.2, 0.25) is 5.02 Å². The zero-order valence-corrected chi connectivity index (χ0v) is 15.9. The molecule has 0 saturated heterocycles. The molecule has 0 bridgehead atoms. The van der Waals surface area contributed by atoms with Gasteiger partial charge in [0, 0.05) is 38.2 Å². The molecular weight excluding hydrogens is 342 g/mol. The maximum atomic E-state index is 12.5. The van der Waals surface area contributed by atoms with Crippen LogP contribution >= 0.6 is 11.6 Å². The van der Waals surface area contributed by atoms with Crippen molar-refractivity contribution >= 4 is 23.5 Å². The summed E-state index contributed by atoms with van der Waals surface area (Å²) in [5, 5.41) is 0.711. The number of amides is 1. The van der Waals surface area contributed by atoms with Crippen LogP contribution in [0.5, 0.6) is 0 Å². The number of methoxy groups -OCH3 is 1. The molecule has 0 fully saturated rings. The third kappa shape index (κ3) is 9.46. The molecule has 0 saturated carbocycles. The van der Waals surface area contributed by atoms with Crippen LogP contribution in [0.15, 0.2) is 24.3 Å². The van der Waals surface area contributed by atoms with E-state index in [-0.39, 0.29) is 18.3 Å². The van der Waals surface area contributed by atoms with Crippen LogP contribution in [0, 0.1) is 0 Å². The zero-order valence-electron chi connectivity index (χ0n) is 15.1. The minimum Gasteiger partial charge on any atom is -0.466 e. The van der Waals surface area contributed by atoms with E-state index in [0.29, 0.717) is 37.7 Å². The Kier molecular flexibility index (Phi) is 10.9. The van der Waals surface area contributed by atoms with Crippen LogP contribution < -0.4 is 0 Å². The van der Waals surface area contributed by atoms with Crippen LogP contribution in [0.4, 0.5) is 0 Å². The normalized spacial score (nSPS) is 10.5. The van der Waals surface area contributed by atoms with Crippen molar-refractivity contribution < 1.29 is 19.1 Å². The molecule has 0 heterocycles. The molecule has 6 heteroatoms. The molecule has 0 aliphatic rings. The number of nitrogens with zero attached hydrogens (tertiary/aromatic N) is 1. The number of ether oxygens (including phenoxy) is 2. The molecule has 0 unspecified atom stereocenters. The molecule has 0 N–H and O–H groups in total. The Morgan fingerprint density at radius 2 is 1.80 bits per heavy atom. The lowest BCUT2D eigenvalue weighted by Crippen LogP contribution is -2.34. The van der Waals surface area contributed by atoms with Gasteiger partial charge in [-0.1, -0.05) is 23.7 Å². The maximum Gasteiger partial charge on any atom is 0.307 e. The van der Waals surface area contributed by atoms with Gasteiger partial charge in [0.25, 0.3) is 0 Å². The topological polar surface area (TPSA) is 55.8 Å². The summed E-state index contributed by atoms with van der Waals surface area (Å²) in [5.41, 5.74) is 1.16. The van der Waals surface area contributed by atoms with Crippen molar-refractivity contribution in [2.75, 3.05) is 33.4 Å². The lowest BCUT2D eigenvalue weighted by Gasteiger charge is -2.22. The summed E-state index contributed by atoms with van der Waals surface area (Å²) < 4.78 is 9.98. The van der Waals surface area contributed by atoms with Gasteiger partial charge in [-0.3, -0.25) is 9.59 Å². The van der Waals surface area contributed by atoms with E-state index in [1.165, 1.54) is 0 Å². The van der Waals surface area contributed by atoms with Crippen molar-refractivity contribution in [3.63, 3.8) is 0 Å². The Morgan fingerprint density at radius 1 is 1.08 bits per heavy atom. The molecule has 0 aliphatic heterocycles. The molecule has 1 amide bonds. The highest BCUT2D eigenvalue weighted by molar-refractivity contribution is 6.30. The Morgan fingerprint density at radius 3 is 2.44 bits per heavy atom. The summed E-state index contributed by atoms with van der Waals surface area (Å²) in [5.74, 6) is -0.206. The molecule has 0 radical (unpaired) electrons. The van der Waals surface area contributed by atoms with Gasteiger partial charge in [0.15, 0.2) is 0 Å². The van der Waals surface area contributed by atoms with E-state index in [1.54, 1.807) is 18.9 Å². The second kappa shape index (κ2) is 12.7. The number of aryl methyl sites for hydroxylation is 1. The number of rotatable bonds is 12. The van der Waals surface area contributed by atoms with E-state index in [2.05, 4.69) is 0 Å². The number of halogens is 1. The van der Waals surface area contributed by atoms with Gasteiger partial charge >= 0.3 is 5.97 Å². The number of esters is 1. The summed E-state index contributed by atoms with van der Waals surface area (Å²) >= 11 is 5.87. The van der Waals surface area contributed by atoms with Gasteiger partial charge in [0.2, 0.25) is 5.91 Å². The predicted molar refractivity (Wildman–Crippen MR) is 98.7 cm³/mol. The van der Waals surface area contributed by atoms with Gasteiger partial charge in [0.05, 0.1) is 13.0 Å². The molecule has 0 aromatic heterocycles. The van der Waals surface area contributed by atoms with Gasteiger partial charge in [-0.15, -0.1) is 0 Å². The largest absolute Gasteiger partial charge is 0.466 e. The minimum atomic E-state index is -0.270. The Hall–Kier alpha value is -1.59. The summed E-state index contributed by atoms with van der Waals surface area (Å²) in [6.07, 6.45) is 3.03. The monoisotopic (exact) mass is 369 g/mol. The van der Waals surface area contributed by atoms with Crippen LogP contribution in [0.3, 0.4) is 0 Å². The number of carbonyl (C=O) groups is 2. The fourth-order valence-electron chi connectivity index (χ4n) is 2.47. The van der Waals surface area contributed by atoms with Crippen molar-refractivity contribution in [3.8, 4) is 0 Å². The molecule has 25 heavy (non-hydrogen) atoms. The third-order valence-corrected chi connectivity index (χ3v) is 4.04. The van der Waals surface area contributed by atoms with E-state index in [1.807, 2.05) is 24.3 Å². The second-order valence-electron chi connectivity index (χ2n) is 5.76. The van der Waals surface area contributed by atoms with Crippen LogP contribution in [0.1, 0.15) is 38.2 Å². The molecule has 0 aliphatic carbocycles. The van der Waals surface area contributed by atoms with E-state index >= 15 is 0 Å². The first-order valence-electron chi connectivity index (χ1n) is 8.73. The highest BCUT2D eigenvalue weighted by Crippen LogP contribution is 2.12. The van der Waals surface area contributed by atoms with Crippen molar-refractivity contribution in [1.82, 2.24) is 4.90 Å². The fraction of sp³-hybridized carbons (Fsp3) is 0.579. The summed E-state index contributed by atoms with van der Waals surface area (Å²) in [4.78, 5) is 25.7. The molecule has 0 atom stereocenters. The lowest BCUT2D eigenvalue weighted by atomic mass is 10.1. The van der Waals surface area contributed by atoms with Gasteiger partial charge in [-0.05, 0) is 43.9 Å². The molecule has 0 spiro atoms. The highest BCUT2D eigenvalue weighted by Gasteiger charge is 2.15. The quantitative estimate of drug-likeness (QED) is 0.418. The lowest BCUT2D eigenvalue weighted by molar-refractivity contribution is -0.144. The third-order valence-electron chi connectivity index (χ3n) is 3.79. The second-order valence-corrected chi connectivity index (χ2v) is 6.20. The average Bonchev–Trinajstić information content (AvgIpc) is 2.60. The van der Waals surface area contributed by atoms with Gasteiger partial charge < -0.3 is 14.4 Å². The summed E-state index contributed by atoms with van der Waals surface area (Å²) in [6.45, 7) is 3.71. The highest BCUT2D eigenvalue weighted by atomic mass is 35.5. The van der Waals surface area contributed by atoms with E-state index < -0.39 is 0 Å². The van der Waals surface area contributed by atoms with E-state index in [9.17, 15) is 9.59 Å². The molecule has 1 rings (SSSR count). The minimum absolute atomic E-state index is 0.0642. The van der Waals surface area contributed by atoms with Crippen molar-refractivity contribution in [1.29, 1.82) is 0 Å². The maximum absolute atomic E-state index is 12.5. The molecular formula is C19H28ClNO4. The first-order valence-corrected chi connectivity index (χ1v) is 9.11. The molecule has 140 valence electrons. The van der Waals surface area contributed by atoms with E-state index in [4.69, 9.17) is 21.1 Å². The van der Waals surface area contributed by atoms with Crippen LogP contribution in [-0.2, 0) is 25.5 Å². The predicted octanol–water partition coefficient (Wildman–Crippen LogP) is 3.48. The van der Waals surface area contributed by atoms with Crippen molar-refractivity contribution in [3.05, 3.63) is 34.9 Å². The molecule has 1 aromatic carbocycles. The first-order chi connectivity index (χ1) is 12.1. The number of carbonyl (C=O) groups excluding carboxylic acids is 2. The number of hydrogen-bond donors (Lipinski definition) is 0. The SMILES string of the molecule is CCOC(=O)CCN(CCCOC)C(=O)CCCc1ccc(Cl)cc1. The Bertz CT molecular complexity index is 519. The summed E-state index contributed by atoms with van der Waals surface area (Å²) in [7, 11) is 1.64. The van der Waals surface area contributed by atoms with Crippen LogP contribution in [0.25, 0.3) is 0 Å².